The van der Waals surface area contributed by atoms with E-state index in [1.807, 2.05) is 20.8 Å². The second kappa shape index (κ2) is 9.53. The van der Waals surface area contributed by atoms with Crippen LogP contribution >= 0.6 is 0 Å². The Balaban J connectivity index is 1.71. The zero-order valence-corrected chi connectivity index (χ0v) is 20.5. The van der Waals surface area contributed by atoms with Crippen molar-refractivity contribution in [2.24, 2.45) is 29.1 Å². The molecule has 3 fully saturated rings. The van der Waals surface area contributed by atoms with Gasteiger partial charge in [0.15, 0.2) is 0 Å². The van der Waals surface area contributed by atoms with Crippen LogP contribution in [-0.2, 0) is 0 Å². The fourth-order valence-corrected chi connectivity index (χ4v) is 6.91. The molecule has 3 saturated carbocycles. The molecule has 0 amide bonds. The SMILES string of the molecule is C=C1/C(=C\C=C2/CCC[C@]3(C)[C@@H]([C@@H](C)CCCC(C)(C)O)CC[C@@H]23)C[C@@H](O)[C@H](C)[C@H]1O. The lowest BCUT2D eigenvalue weighted by Crippen LogP contribution is -2.36. The van der Waals surface area contributed by atoms with Crippen LogP contribution < -0.4 is 0 Å². The zero-order valence-electron chi connectivity index (χ0n) is 20.5. The summed E-state index contributed by atoms with van der Waals surface area (Å²) >= 11 is 0. The summed E-state index contributed by atoms with van der Waals surface area (Å²) in [5.74, 6) is 1.94. The summed E-state index contributed by atoms with van der Waals surface area (Å²) in [7, 11) is 0. The van der Waals surface area contributed by atoms with Crippen LogP contribution in [0, 0.1) is 29.1 Å². The van der Waals surface area contributed by atoms with Crippen LogP contribution in [0.1, 0.15) is 92.4 Å². The molecule has 0 heterocycles. The predicted octanol–water partition coefficient (Wildman–Crippen LogP) is 5.95. The first-order chi connectivity index (χ1) is 14.4. The maximum atomic E-state index is 10.4. The third kappa shape index (κ3) is 5.37. The number of allylic oxidation sites excluding steroid dienone is 3. The summed E-state index contributed by atoms with van der Waals surface area (Å²) in [4.78, 5) is 0. The quantitative estimate of drug-likeness (QED) is 0.488. The number of aliphatic hydroxyl groups is 3. The molecule has 0 unspecified atom stereocenters. The first kappa shape index (κ1) is 24.7. The second-order valence-corrected chi connectivity index (χ2v) is 11.8. The average Bonchev–Trinajstić information content (AvgIpc) is 3.04. The summed E-state index contributed by atoms with van der Waals surface area (Å²) in [5, 5.41) is 30.7. The average molecular weight is 431 g/mol. The first-order valence-electron chi connectivity index (χ1n) is 12.6. The van der Waals surface area contributed by atoms with Crippen LogP contribution in [0.3, 0.4) is 0 Å². The van der Waals surface area contributed by atoms with Crippen LogP contribution in [-0.4, -0.2) is 33.1 Å². The molecule has 3 aliphatic carbocycles. The van der Waals surface area contributed by atoms with E-state index in [0.717, 1.165) is 36.3 Å². The van der Waals surface area contributed by atoms with E-state index in [1.54, 1.807) is 5.57 Å². The normalized spacial score (nSPS) is 40.4. The van der Waals surface area contributed by atoms with Gasteiger partial charge in [-0.2, -0.15) is 0 Å². The molecule has 176 valence electrons. The first-order valence-corrected chi connectivity index (χ1v) is 12.6. The highest BCUT2D eigenvalue weighted by molar-refractivity contribution is 5.39. The molecule has 0 bridgehead atoms. The lowest BCUT2D eigenvalue weighted by molar-refractivity contribution is 0.0283. The maximum Gasteiger partial charge on any atom is 0.0837 e. The van der Waals surface area contributed by atoms with Gasteiger partial charge in [0.05, 0.1) is 17.8 Å². The molecule has 7 atom stereocenters. The van der Waals surface area contributed by atoms with Crippen molar-refractivity contribution in [1.82, 2.24) is 0 Å². The van der Waals surface area contributed by atoms with Gasteiger partial charge in [-0.05, 0) is 93.1 Å². The molecule has 0 radical (unpaired) electrons. The van der Waals surface area contributed by atoms with Gasteiger partial charge in [-0.25, -0.2) is 0 Å². The molecule has 31 heavy (non-hydrogen) atoms. The third-order valence-electron chi connectivity index (χ3n) is 8.97. The van der Waals surface area contributed by atoms with E-state index >= 15 is 0 Å². The highest BCUT2D eigenvalue weighted by atomic mass is 16.3. The lowest BCUT2D eigenvalue weighted by atomic mass is 9.60. The minimum Gasteiger partial charge on any atom is -0.392 e. The molecule has 3 nitrogen and oxygen atoms in total. The van der Waals surface area contributed by atoms with Crippen molar-refractivity contribution in [3.63, 3.8) is 0 Å². The van der Waals surface area contributed by atoms with E-state index in [-0.39, 0.29) is 5.92 Å². The number of rotatable bonds is 6. The predicted molar refractivity (Wildman–Crippen MR) is 129 cm³/mol. The van der Waals surface area contributed by atoms with Gasteiger partial charge in [0.25, 0.3) is 0 Å². The Hall–Kier alpha value is -0.900. The van der Waals surface area contributed by atoms with Gasteiger partial charge >= 0.3 is 0 Å². The monoisotopic (exact) mass is 430 g/mol. The molecule has 0 aromatic carbocycles. The standard InChI is InChI=1S/C28H46O3/c1-18(9-7-15-27(4,5)31)23-13-14-24-21(10-8-16-28(23,24)6)11-12-22-17-25(29)20(3)26(30)19(22)2/h11-12,18,20,23-26,29-31H,2,7-10,13-17H2,1,3-6H3/b21-11+,22-12-/t18-,20-,23+,24-,25+,26-,28+/m0/s1. The van der Waals surface area contributed by atoms with Crippen LogP contribution in [0.5, 0.6) is 0 Å². The molecule has 3 heteroatoms. The molecule has 0 aromatic rings. The minimum atomic E-state index is -0.648. The van der Waals surface area contributed by atoms with Crippen molar-refractivity contribution in [3.8, 4) is 0 Å². The van der Waals surface area contributed by atoms with Gasteiger partial charge in [0.1, 0.15) is 0 Å². The number of fused-ring (bicyclic) bond motifs is 1. The molecule has 0 aromatic heterocycles. The van der Waals surface area contributed by atoms with E-state index in [2.05, 4.69) is 32.6 Å². The van der Waals surface area contributed by atoms with Crippen molar-refractivity contribution in [2.45, 2.75) is 110 Å². The summed E-state index contributed by atoms with van der Waals surface area (Å²) < 4.78 is 0. The molecule has 3 N–H and O–H groups in total. The van der Waals surface area contributed by atoms with Crippen LogP contribution in [0.25, 0.3) is 0 Å². The summed E-state index contributed by atoms with van der Waals surface area (Å²) in [6.07, 6.45) is 13.4. The molecule has 0 saturated heterocycles. The fourth-order valence-electron chi connectivity index (χ4n) is 6.91. The zero-order chi connectivity index (χ0) is 23.0. The van der Waals surface area contributed by atoms with Crippen molar-refractivity contribution >= 4 is 0 Å². The van der Waals surface area contributed by atoms with Crippen LogP contribution in [0.4, 0.5) is 0 Å². The Morgan fingerprint density at radius 3 is 2.61 bits per heavy atom. The summed E-state index contributed by atoms with van der Waals surface area (Å²) in [6, 6.07) is 0. The molecular weight excluding hydrogens is 384 g/mol. The van der Waals surface area contributed by atoms with E-state index in [9.17, 15) is 15.3 Å². The van der Waals surface area contributed by atoms with Gasteiger partial charge in [0.2, 0.25) is 0 Å². The van der Waals surface area contributed by atoms with Gasteiger partial charge in [-0.3, -0.25) is 0 Å². The number of hydrogen-bond acceptors (Lipinski definition) is 3. The Morgan fingerprint density at radius 1 is 1.23 bits per heavy atom. The third-order valence-corrected chi connectivity index (χ3v) is 8.97. The van der Waals surface area contributed by atoms with Gasteiger partial charge in [-0.15, -0.1) is 0 Å². The summed E-state index contributed by atoms with van der Waals surface area (Å²) in [5.41, 5.74) is 3.15. The number of aliphatic hydroxyl groups excluding tert-OH is 2. The lowest BCUT2D eigenvalue weighted by Gasteiger charge is -2.44. The molecular formula is C28H46O3. The highest BCUT2D eigenvalue weighted by Crippen LogP contribution is 2.60. The molecule has 3 rings (SSSR count). The highest BCUT2D eigenvalue weighted by Gasteiger charge is 2.50. The largest absolute Gasteiger partial charge is 0.392 e. The van der Waals surface area contributed by atoms with E-state index in [1.165, 1.54) is 32.1 Å². The summed E-state index contributed by atoms with van der Waals surface area (Å²) in [6.45, 7) is 14.8. The Labute approximate surface area is 190 Å². The van der Waals surface area contributed by atoms with Crippen molar-refractivity contribution < 1.29 is 15.3 Å². The van der Waals surface area contributed by atoms with Gasteiger partial charge in [0, 0.05) is 5.92 Å². The molecule has 3 aliphatic rings. The van der Waals surface area contributed by atoms with E-state index < -0.39 is 17.8 Å². The number of hydrogen-bond donors (Lipinski definition) is 3. The molecule has 0 spiro atoms. The van der Waals surface area contributed by atoms with Gasteiger partial charge < -0.3 is 15.3 Å². The van der Waals surface area contributed by atoms with Crippen molar-refractivity contribution in [1.29, 1.82) is 0 Å². The van der Waals surface area contributed by atoms with E-state index in [4.69, 9.17) is 0 Å². The van der Waals surface area contributed by atoms with E-state index in [0.29, 0.717) is 23.7 Å². The molecule has 0 aliphatic heterocycles. The fraction of sp³-hybridized carbons (Fsp3) is 0.786. The maximum absolute atomic E-state index is 10.4. The Morgan fingerprint density at radius 2 is 1.94 bits per heavy atom. The van der Waals surface area contributed by atoms with Crippen molar-refractivity contribution in [3.05, 3.63) is 35.5 Å². The topological polar surface area (TPSA) is 60.7 Å². The minimum absolute atomic E-state index is 0.149. The van der Waals surface area contributed by atoms with Gasteiger partial charge in [-0.1, -0.05) is 57.9 Å². The van der Waals surface area contributed by atoms with Crippen LogP contribution in [0.15, 0.2) is 35.5 Å². The smallest absolute Gasteiger partial charge is 0.0837 e. The Kier molecular flexibility index (Phi) is 7.61. The second-order valence-electron chi connectivity index (χ2n) is 11.8. The van der Waals surface area contributed by atoms with Crippen molar-refractivity contribution in [2.75, 3.05) is 0 Å². The van der Waals surface area contributed by atoms with Crippen LogP contribution in [0.2, 0.25) is 0 Å². The Bertz CT molecular complexity index is 712.